The number of aromatic nitrogens is 1. The van der Waals surface area contributed by atoms with Crippen molar-refractivity contribution in [3.05, 3.63) is 16.1 Å². The third-order valence-electron chi connectivity index (χ3n) is 1.98. The number of nitrogens with zero attached hydrogens (tertiary/aromatic N) is 1. The van der Waals surface area contributed by atoms with Gasteiger partial charge in [0, 0.05) is 24.2 Å². The van der Waals surface area contributed by atoms with Gasteiger partial charge in [-0.1, -0.05) is 0 Å². The topological polar surface area (TPSA) is 48.1 Å². The van der Waals surface area contributed by atoms with Gasteiger partial charge in [-0.2, -0.15) is 0 Å². The van der Waals surface area contributed by atoms with Crippen LogP contribution in [0.15, 0.2) is 6.20 Å². The molecule has 0 aliphatic carbocycles. The number of nitrogens with two attached hydrogens (primary N) is 1. The molecule has 4 heteroatoms. The summed E-state index contributed by atoms with van der Waals surface area (Å²) in [4.78, 5) is 5.42. The van der Waals surface area contributed by atoms with Crippen molar-refractivity contribution in [1.82, 2.24) is 4.98 Å². The van der Waals surface area contributed by atoms with E-state index in [1.54, 1.807) is 11.3 Å². The van der Waals surface area contributed by atoms with E-state index in [9.17, 15) is 0 Å². The maximum Gasteiger partial charge on any atom is 0.122 e. The van der Waals surface area contributed by atoms with Gasteiger partial charge in [0.25, 0.3) is 0 Å². The van der Waals surface area contributed by atoms with E-state index in [2.05, 4.69) is 4.98 Å². The predicted molar refractivity (Wildman–Crippen MR) is 47.9 cm³/mol. The number of thiazole rings is 1. The molecule has 66 valence electrons. The highest BCUT2D eigenvalue weighted by atomic mass is 32.1. The minimum absolute atomic E-state index is 0.246. The Morgan fingerprint density at radius 2 is 2.67 bits per heavy atom. The van der Waals surface area contributed by atoms with Crippen molar-refractivity contribution < 1.29 is 4.74 Å². The molecule has 2 N–H and O–H groups in total. The Kier molecular flexibility index (Phi) is 2.39. The molecule has 2 rings (SSSR count). The van der Waals surface area contributed by atoms with Crippen molar-refractivity contribution in [2.75, 3.05) is 6.61 Å². The molecule has 0 saturated carbocycles. The first-order valence-corrected chi connectivity index (χ1v) is 4.98. The molecule has 0 spiro atoms. The van der Waals surface area contributed by atoms with Gasteiger partial charge < -0.3 is 10.5 Å². The van der Waals surface area contributed by atoms with Gasteiger partial charge in [-0.05, 0) is 12.8 Å². The summed E-state index contributed by atoms with van der Waals surface area (Å²) in [7, 11) is 0. The molecular formula is C8H12N2OS. The zero-order valence-electron chi connectivity index (χ0n) is 6.82. The van der Waals surface area contributed by atoms with Crippen LogP contribution in [0.3, 0.4) is 0 Å². The molecule has 12 heavy (non-hydrogen) atoms. The molecule has 1 aromatic heterocycles. The summed E-state index contributed by atoms with van der Waals surface area (Å²) in [5.41, 5.74) is 5.49. The van der Waals surface area contributed by atoms with Gasteiger partial charge in [0.15, 0.2) is 0 Å². The van der Waals surface area contributed by atoms with E-state index < -0.39 is 0 Å². The number of hydrogen-bond acceptors (Lipinski definition) is 4. The lowest BCUT2D eigenvalue weighted by Crippen LogP contribution is -1.93. The summed E-state index contributed by atoms with van der Waals surface area (Å²) in [5.74, 6) is 0. The molecule has 0 aromatic carbocycles. The Hall–Kier alpha value is -0.450. The lowest BCUT2D eigenvalue weighted by molar-refractivity contribution is 0.111. The summed E-state index contributed by atoms with van der Waals surface area (Å²) in [6.07, 6.45) is 4.36. The fourth-order valence-electron chi connectivity index (χ4n) is 1.34. The van der Waals surface area contributed by atoms with E-state index in [4.69, 9.17) is 10.5 Å². The van der Waals surface area contributed by atoms with Crippen LogP contribution in [0.4, 0.5) is 0 Å². The number of rotatable bonds is 2. The van der Waals surface area contributed by atoms with Gasteiger partial charge in [-0.15, -0.1) is 11.3 Å². The average molecular weight is 184 g/mol. The van der Waals surface area contributed by atoms with Crippen molar-refractivity contribution in [2.45, 2.75) is 25.5 Å². The second-order valence-electron chi connectivity index (χ2n) is 2.87. The van der Waals surface area contributed by atoms with Gasteiger partial charge in [0.1, 0.15) is 11.1 Å². The second-order valence-corrected chi connectivity index (χ2v) is 4.02. The van der Waals surface area contributed by atoms with E-state index in [0.29, 0.717) is 6.54 Å². The van der Waals surface area contributed by atoms with Crippen LogP contribution in [0, 0.1) is 0 Å². The van der Waals surface area contributed by atoms with Crippen LogP contribution in [-0.4, -0.2) is 11.6 Å². The normalized spacial score (nSPS) is 23.2. The largest absolute Gasteiger partial charge is 0.371 e. The second kappa shape index (κ2) is 3.51. The summed E-state index contributed by atoms with van der Waals surface area (Å²) >= 11 is 1.67. The van der Waals surface area contributed by atoms with E-state index in [1.807, 2.05) is 6.20 Å². The zero-order valence-corrected chi connectivity index (χ0v) is 7.64. The average Bonchev–Trinajstić information content (AvgIpc) is 2.75. The highest BCUT2D eigenvalue weighted by Crippen LogP contribution is 2.30. The van der Waals surface area contributed by atoms with Crippen LogP contribution in [0.25, 0.3) is 0 Å². The molecule has 1 aliphatic heterocycles. The summed E-state index contributed by atoms with van der Waals surface area (Å²) in [5, 5.41) is 1.09. The van der Waals surface area contributed by atoms with Crippen LogP contribution >= 0.6 is 11.3 Å². The van der Waals surface area contributed by atoms with Gasteiger partial charge in [0.2, 0.25) is 0 Å². The highest BCUT2D eigenvalue weighted by molar-refractivity contribution is 7.11. The summed E-state index contributed by atoms with van der Waals surface area (Å²) in [6.45, 7) is 1.46. The lowest BCUT2D eigenvalue weighted by atomic mass is 10.2. The molecule has 1 saturated heterocycles. The smallest absolute Gasteiger partial charge is 0.122 e. The van der Waals surface area contributed by atoms with Crippen molar-refractivity contribution in [1.29, 1.82) is 0 Å². The Bertz CT molecular complexity index is 255. The quantitative estimate of drug-likeness (QED) is 0.756. The van der Waals surface area contributed by atoms with Crippen molar-refractivity contribution in [2.24, 2.45) is 5.73 Å². The molecule has 1 aliphatic rings. The van der Waals surface area contributed by atoms with Crippen LogP contribution in [0.1, 0.15) is 28.8 Å². The highest BCUT2D eigenvalue weighted by Gasteiger charge is 2.20. The third kappa shape index (κ3) is 1.50. The Labute approximate surface area is 75.6 Å². The van der Waals surface area contributed by atoms with E-state index >= 15 is 0 Å². The predicted octanol–water partition coefficient (Wildman–Crippen LogP) is 1.45. The van der Waals surface area contributed by atoms with Crippen LogP contribution in [0.2, 0.25) is 0 Å². The molecule has 2 heterocycles. The number of ether oxygens (including phenoxy) is 1. The Balaban J connectivity index is 2.11. The van der Waals surface area contributed by atoms with Gasteiger partial charge in [-0.25, -0.2) is 4.98 Å². The molecule has 1 aromatic rings. The molecule has 1 fully saturated rings. The summed E-state index contributed by atoms with van der Waals surface area (Å²) in [6, 6.07) is 0. The van der Waals surface area contributed by atoms with Crippen LogP contribution in [-0.2, 0) is 11.3 Å². The molecule has 3 nitrogen and oxygen atoms in total. The first-order valence-electron chi connectivity index (χ1n) is 4.16. The lowest BCUT2D eigenvalue weighted by Gasteiger charge is -2.02. The maximum atomic E-state index is 5.50. The fourth-order valence-corrected chi connectivity index (χ4v) is 2.22. The van der Waals surface area contributed by atoms with Gasteiger partial charge >= 0.3 is 0 Å². The SMILES string of the molecule is NCc1cnc(C2CCCO2)s1. The molecule has 0 bridgehead atoms. The van der Waals surface area contributed by atoms with Crippen molar-refractivity contribution in [3.8, 4) is 0 Å². The first-order chi connectivity index (χ1) is 5.90. The first kappa shape index (κ1) is 8.16. The van der Waals surface area contributed by atoms with Gasteiger partial charge in [0.05, 0.1) is 0 Å². The van der Waals surface area contributed by atoms with E-state index in [-0.39, 0.29) is 6.10 Å². The molecule has 0 radical (unpaired) electrons. The van der Waals surface area contributed by atoms with E-state index in [1.165, 1.54) is 0 Å². The van der Waals surface area contributed by atoms with Crippen molar-refractivity contribution in [3.63, 3.8) is 0 Å². The standard InChI is InChI=1S/C8H12N2OS/c9-4-6-5-10-8(12-6)7-2-1-3-11-7/h5,7H,1-4,9H2. The van der Waals surface area contributed by atoms with Crippen LogP contribution < -0.4 is 5.73 Å². The molecular weight excluding hydrogens is 172 g/mol. The molecule has 0 amide bonds. The Morgan fingerprint density at radius 1 is 1.75 bits per heavy atom. The minimum Gasteiger partial charge on any atom is -0.371 e. The van der Waals surface area contributed by atoms with Crippen molar-refractivity contribution >= 4 is 11.3 Å². The fraction of sp³-hybridized carbons (Fsp3) is 0.625. The van der Waals surface area contributed by atoms with E-state index in [0.717, 1.165) is 29.3 Å². The monoisotopic (exact) mass is 184 g/mol. The third-order valence-corrected chi connectivity index (χ3v) is 3.09. The minimum atomic E-state index is 0.246. The summed E-state index contributed by atoms with van der Waals surface area (Å²) < 4.78 is 5.50. The van der Waals surface area contributed by atoms with Gasteiger partial charge in [-0.3, -0.25) is 0 Å². The Morgan fingerprint density at radius 3 is 3.25 bits per heavy atom. The molecule has 1 unspecified atom stereocenters. The number of hydrogen-bond donors (Lipinski definition) is 1. The van der Waals surface area contributed by atoms with Crippen LogP contribution in [0.5, 0.6) is 0 Å². The zero-order chi connectivity index (χ0) is 8.39. The maximum absolute atomic E-state index is 5.50. The molecule has 1 atom stereocenters.